The Morgan fingerprint density at radius 2 is 2.11 bits per heavy atom. The van der Waals surface area contributed by atoms with Gasteiger partial charge in [0.05, 0.1) is 11.5 Å². The maximum absolute atomic E-state index is 12.2. The van der Waals surface area contributed by atoms with E-state index < -0.39 is 11.3 Å². The highest BCUT2D eigenvalue weighted by atomic mass is 16.1. The summed E-state index contributed by atoms with van der Waals surface area (Å²) in [5.41, 5.74) is -0.833. The fraction of sp³-hybridized carbons (Fsp3) is 0.733. The van der Waals surface area contributed by atoms with Crippen LogP contribution in [-0.4, -0.2) is 17.3 Å². The Labute approximate surface area is 113 Å². The van der Waals surface area contributed by atoms with Crippen molar-refractivity contribution >= 4 is 17.3 Å². The number of rotatable bonds is 3. The molecule has 2 fully saturated rings. The molecular weight excluding hydrogens is 242 g/mol. The maximum atomic E-state index is 12.2. The van der Waals surface area contributed by atoms with Crippen LogP contribution < -0.4 is 0 Å². The average Bonchev–Trinajstić information content (AvgIpc) is 2.37. The molecule has 0 bridgehead atoms. The Morgan fingerprint density at radius 3 is 2.74 bits per heavy atom. The molecule has 0 aromatic rings. The molecule has 3 atom stereocenters. The molecule has 2 aliphatic carbocycles. The van der Waals surface area contributed by atoms with Crippen molar-refractivity contribution < 1.29 is 14.4 Å². The van der Waals surface area contributed by atoms with E-state index in [-0.39, 0.29) is 23.3 Å². The van der Waals surface area contributed by atoms with Crippen LogP contribution in [0.1, 0.15) is 51.9 Å². The second kappa shape index (κ2) is 5.24. The fourth-order valence-electron chi connectivity index (χ4n) is 3.75. The molecular formula is C15H19NO3. The van der Waals surface area contributed by atoms with Crippen molar-refractivity contribution in [2.24, 2.45) is 17.3 Å². The summed E-state index contributed by atoms with van der Waals surface area (Å²) in [5.74, 6) is -0.489. The van der Waals surface area contributed by atoms with Gasteiger partial charge in [-0.1, -0.05) is 0 Å². The Kier molecular flexibility index (Phi) is 3.84. The van der Waals surface area contributed by atoms with Crippen LogP contribution in [0.5, 0.6) is 0 Å². The lowest BCUT2D eigenvalue weighted by molar-refractivity contribution is -0.142. The van der Waals surface area contributed by atoms with E-state index in [9.17, 15) is 19.6 Å². The fourth-order valence-corrected chi connectivity index (χ4v) is 3.75. The Balaban J connectivity index is 2.31. The molecule has 0 aliphatic heterocycles. The second-order valence-corrected chi connectivity index (χ2v) is 5.82. The largest absolute Gasteiger partial charge is 0.300 e. The zero-order valence-electron chi connectivity index (χ0n) is 11.3. The number of fused-ring (bicyclic) bond motifs is 1. The number of hydrogen-bond acceptors (Lipinski definition) is 4. The van der Waals surface area contributed by atoms with Gasteiger partial charge in [-0.2, -0.15) is 5.26 Å². The van der Waals surface area contributed by atoms with E-state index in [1.807, 2.05) is 0 Å². The van der Waals surface area contributed by atoms with Crippen LogP contribution in [0, 0.1) is 28.6 Å². The van der Waals surface area contributed by atoms with Crippen LogP contribution in [0.25, 0.3) is 0 Å². The molecule has 2 aliphatic rings. The highest BCUT2D eigenvalue weighted by molar-refractivity contribution is 5.90. The molecule has 2 saturated carbocycles. The third-order valence-corrected chi connectivity index (χ3v) is 4.71. The number of ketones is 3. The first-order chi connectivity index (χ1) is 9.01. The first-order valence-corrected chi connectivity index (χ1v) is 6.97. The van der Waals surface area contributed by atoms with E-state index in [0.717, 1.165) is 0 Å². The van der Waals surface area contributed by atoms with Crippen molar-refractivity contribution in [3.63, 3.8) is 0 Å². The zero-order valence-corrected chi connectivity index (χ0v) is 11.3. The molecule has 4 heteroatoms. The SMILES string of the molecule is CC(=O)CC[C@@H]1C(=O)CC[C@@H]2C(=O)CCC[C@@]12C#N. The molecule has 19 heavy (non-hydrogen) atoms. The first kappa shape index (κ1) is 13.9. The van der Waals surface area contributed by atoms with E-state index >= 15 is 0 Å². The van der Waals surface area contributed by atoms with E-state index in [0.29, 0.717) is 44.9 Å². The predicted molar refractivity (Wildman–Crippen MR) is 68.0 cm³/mol. The summed E-state index contributed by atoms with van der Waals surface area (Å²) in [6.07, 6.45) is 3.47. The number of hydrogen-bond donors (Lipinski definition) is 0. The molecule has 0 aromatic carbocycles. The normalized spacial score (nSPS) is 34.5. The number of nitriles is 1. The Hall–Kier alpha value is -1.50. The summed E-state index contributed by atoms with van der Waals surface area (Å²) in [6.45, 7) is 1.50. The highest BCUT2D eigenvalue weighted by Gasteiger charge is 2.55. The minimum atomic E-state index is -0.833. The van der Waals surface area contributed by atoms with Crippen molar-refractivity contribution in [1.29, 1.82) is 5.26 Å². The monoisotopic (exact) mass is 261 g/mol. The quantitative estimate of drug-likeness (QED) is 0.780. The molecule has 0 unspecified atom stereocenters. The van der Waals surface area contributed by atoms with Gasteiger partial charge in [0.2, 0.25) is 0 Å². The molecule has 2 rings (SSSR count). The topological polar surface area (TPSA) is 75.0 Å². The first-order valence-electron chi connectivity index (χ1n) is 6.97. The predicted octanol–water partition coefficient (Wildman–Crippen LogP) is 2.21. The van der Waals surface area contributed by atoms with Gasteiger partial charge in [-0.15, -0.1) is 0 Å². The van der Waals surface area contributed by atoms with E-state index in [1.165, 1.54) is 6.92 Å². The van der Waals surface area contributed by atoms with E-state index in [4.69, 9.17) is 0 Å². The third-order valence-electron chi connectivity index (χ3n) is 4.71. The van der Waals surface area contributed by atoms with Gasteiger partial charge in [0, 0.05) is 31.1 Å². The number of nitrogens with zero attached hydrogens (tertiary/aromatic N) is 1. The average molecular weight is 261 g/mol. The summed E-state index contributed by atoms with van der Waals surface area (Å²) < 4.78 is 0. The lowest BCUT2D eigenvalue weighted by atomic mass is 9.53. The van der Waals surface area contributed by atoms with Crippen LogP contribution in [-0.2, 0) is 14.4 Å². The molecule has 0 saturated heterocycles. The van der Waals surface area contributed by atoms with Crippen molar-refractivity contribution in [2.45, 2.75) is 51.9 Å². The zero-order chi connectivity index (χ0) is 14.0. The van der Waals surface area contributed by atoms with E-state index in [1.54, 1.807) is 0 Å². The van der Waals surface area contributed by atoms with E-state index in [2.05, 4.69) is 6.07 Å². The molecule has 0 amide bonds. The van der Waals surface area contributed by atoms with Crippen LogP contribution in [0.4, 0.5) is 0 Å². The summed E-state index contributed by atoms with van der Waals surface area (Å²) in [5, 5.41) is 9.61. The van der Waals surface area contributed by atoms with Gasteiger partial charge in [-0.25, -0.2) is 0 Å². The van der Waals surface area contributed by atoms with Gasteiger partial charge in [-0.05, 0) is 32.6 Å². The summed E-state index contributed by atoms with van der Waals surface area (Å²) in [4.78, 5) is 35.4. The molecule has 0 spiro atoms. The Morgan fingerprint density at radius 1 is 1.37 bits per heavy atom. The molecule has 0 radical (unpaired) electrons. The van der Waals surface area contributed by atoms with Gasteiger partial charge in [0.25, 0.3) is 0 Å². The Bertz CT molecular complexity index is 463. The number of Topliss-reactive ketones (excluding diaryl/α,β-unsaturated/α-hetero) is 3. The number of carbonyl (C=O) groups excluding carboxylic acids is 3. The standard InChI is InChI=1S/C15H19NO3/c1-10(17)4-5-11-14(19)7-6-12-13(18)3-2-8-15(11,12)9-16/h11-12H,2-8H2,1H3/t11-,12-,15-/m1/s1. The second-order valence-electron chi connectivity index (χ2n) is 5.82. The molecule has 0 aromatic heterocycles. The summed E-state index contributed by atoms with van der Waals surface area (Å²) in [7, 11) is 0. The molecule has 4 nitrogen and oxygen atoms in total. The van der Waals surface area contributed by atoms with Gasteiger partial charge < -0.3 is 4.79 Å². The maximum Gasteiger partial charge on any atom is 0.137 e. The summed E-state index contributed by atoms with van der Waals surface area (Å²) in [6, 6.07) is 2.30. The van der Waals surface area contributed by atoms with Gasteiger partial charge in [0.15, 0.2) is 0 Å². The lowest BCUT2D eigenvalue weighted by Gasteiger charge is -2.46. The van der Waals surface area contributed by atoms with Crippen LogP contribution in [0.3, 0.4) is 0 Å². The van der Waals surface area contributed by atoms with Crippen molar-refractivity contribution in [2.75, 3.05) is 0 Å². The van der Waals surface area contributed by atoms with Crippen LogP contribution in [0.15, 0.2) is 0 Å². The summed E-state index contributed by atoms with van der Waals surface area (Å²) >= 11 is 0. The molecule has 102 valence electrons. The minimum Gasteiger partial charge on any atom is -0.300 e. The minimum absolute atomic E-state index is 0.0325. The molecule has 0 N–H and O–H groups in total. The third kappa shape index (κ3) is 2.34. The van der Waals surface area contributed by atoms with Crippen molar-refractivity contribution in [3.05, 3.63) is 0 Å². The van der Waals surface area contributed by atoms with Crippen molar-refractivity contribution in [1.82, 2.24) is 0 Å². The lowest BCUT2D eigenvalue weighted by Crippen LogP contribution is -2.50. The van der Waals surface area contributed by atoms with Crippen LogP contribution in [0.2, 0.25) is 0 Å². The molecule has 0 heterocycles. The van der Waals surface area contributed by atoms with Gasteiger partial charge in [-0.3, -0.25) is 9.59 Å². The number of carbonyl (C=O) groups is 3. The van der Waals surface area contributed by atoms with Gasteiger partial charge in [0.1, 0.15) is 17.3 Å². The van der Waals surface area contributed by atoms with Gasteiger partial charge >= 0.3 is 0 Å². The smallest absolute Gasteiger partial charge is 0.137 e. The van der Waals surface area contributed by atoms with Crippen LogP contribution >= 0.6 is 0 Å². The highest BCUT2D eigenvalue weighted by Crippen LogP contribution is 2.52. The van der Waals surface area contributed by atoms with Crippen molar-refractivity contribution in [3.8, 4) is 6.07 Å².